The van der Waals surface area contributed by atoms with Gasteiger partial charge in [0.25, 0.3) is 5.91 Å². The first kappa shape index (κ1) is 18.3. The molecular weight excluding hydrogens is 322 g/mol. The molecule has 1 amide bonds. The average molecular weight is 346 g/mol. The maximum atomic E-state index is 11.9. The van der Waals surface area contributed by atoms with Crippen molar-refractivity contribution in [3.05, 3.63) is 64.7 Å². The Kier molecular flexibility index (Phi) is 7.13. The van der Waals surface area contributed by atoms with Crippen molar-refractivity contribution in [3.8, 4) is 5.75 Å². The van der Waals surface area contributed by atoms with Gasteiger partial charge in [0.1, 0.15) is 5.75 Å². The Hall–Kier alpha value is -2.00. The zero-order valence-corrected chi connectivity index (χ0v) is 15.0. The minimum atomic E-state index is -0.0929. The molecule has 0 aromatic heterocycles. The fourth-order valence-corrected chi connectivity index (χ4v) is 2.58. The van der Waals surface area contributed by atoms with Crippen LogP contribution in [0, 0.1) is 0 Å². The van der Waals surface area contributed by atoms with E-state index in [1.165, 1.54) is 5.56 Å². The molecule has 0 saturated carbocycles. The minimum Gasteiger partial charge on any atom is -0.483 e. The van der Waals surface area contributed by atoms with E-state index in [0.717, 1.165) is 29.2 Å². The van der Waals surface area contributed by atoms with E-state index < -0.39 is 0 Å². The van der Waals surface area contributed by atoms with Crippen LogP contribution in [0.15, 0.2) is 48.5 Å². The van der Waals surface area contributed by atoms with Crippen LogP contribution >= 0.6 is 11.6 Å². The van der Waals surface area contributed by atoms with Gasteiger partial charge in [0.2, 0.25) is 0 Å². The lowest BCUT2D eigenvalue weighted by Gasteiger charge is -2.13. The van der Waals surface area contributed by atoms with E-state index in [4.69, 9.17) is 16.3 Å². The summed E-state index contributed by atoms with van der Waals surface area (Å²) in [5, 5.41) is 3.63. The van der Waals surface area contributed by atoms with E-state index in [9.17, 15) is 4.79 Å². The normalized spacial score (nSPS) is 10.7. The third-order valence-corrected chi connectivity index (χ3v) is 4.03. The largest absolute Gasteiger partial charge is 0.483 e. The number of nitrogens with one attached hydrogen (secondary N) is 1. The smallest absolute Gasteiger partial charge is 0.257 e. The molecule has 1 N–H and O–H groups in total. The third-order valence-electron chi connectivity index (χ3n) is 3.78. The number of halogens is 1. The van der Waals surface area contributed by atoms with E-state index in [0.29, 0.717) is 12.5 Å². The summed E-state index contributed by atoms with van der Waals surface area (Å²) < 4.78 is 5.66. The summed E-state index contributed by atoms with van der Waals surface area (Å²) in [7, 11) is 0. The molecule has 2 aromatic rings. The lowest BCUT2D eigenvalue weighted by atomic mass is 10.0. The number of carbonyl (C=O) groups is 1. The summed E-state index contributed by atoms with van der Waals surface area (Å²) in [6, 6.07) is 15.6. The number of benzene rings is 2. The number of aryl methyl sites for hydroxylation is 1. The van der Waals surface area contributed by atoms with Gasteiger partial charge >= 0.3 is 0 Å². The first-order valence-electron chi connectivity index (χ1n) is 8.29. The highest BCUT2D eigenvalue weighted by Gasteiger charge is 2.08. The summed E-state index contributed by atoms with van der Waals surface area (Å²) in [5.74, 6) is 1.05. The van der Waals surface area contributed by atoms with Crippen LogP contribution in [-0.4, -0.2) is 19.1 Å². The van der Waals surface area contributed by atoms with Crippen molar-refractivity contribution in [1.29, 1.82) is 0 Å². The quantitative estimate of drug-likeness (QED) is 0.710. The number of hydrogen-bond donors (Lipinski definition) is 1. The summed E-state index contributed by atoms with van der Waals surface area (Å²) >= 11 is 5.86. The minimum absolute atomic E-state index is 0.0463. The predicted octanol–water partition coefficient (Wildman–Crippen LogP) is 4.59. The number of para-hydroxylation sites is 1. The van der Waals surface area contributed by atoms with E-state index in [2.05, 4.69) is 19.2 Å². The average Bonchev–Trinajstić information content (AvgIpc) is 2.58. The third kappa shape index (κ3) is 5.89. The van der Waals surface area contributed by atoms with Crippen LogP contribution in [0.1, 0.15) is 37.3 Å². The van der Waals surface area contributed by atoms with Gasteiger partial charge in [0, 0.05) is 11.6 Å². The van der Waals surface area contributed by atoms with Gasteiger partial charge in [0.15, 0.2) is 6.61 Å². The van der Waals surface area contributed by atoms with Crippen LogP contribution in [0.2, 0.25) is 5.02 Å². The SMILES string of the molecule is CC(C)c1ccccc1OCC(=O)NCCCc1ccc(Cl)cc1. The Labute approximate surface area is 149 Å². The van der Waals surface area contributed by atoms with E-state index in [-0.39, 0.29) is 12.5 Å². The molecule has 2 rings (SSSR count). The Balaban J connectivity index is 1.69. The van der Waals surface area contributed by atoms with Crippen LogP contribution in [0.25, 0.3) is 0 Å². The van der Waals surface area contributed by atoms with Crippen molar-refractivity contribution in [3.63, 3.8) is 0 Å². The van der Waals surface area contributed by atoms with E-state index >= 15 is 0 Å². The maximum Gasteiger partial charge on any atom is 0.257 e. The fourth-order valence-electron chi connectivity index (χ4n) is 2.45. The van der Waals surface area contributed by atoms with Crippen molar-refractivity contribution in [2.75, 3.05) is 13.2 Å². The number of amides is 1. The first-order valence-corrected chi connectivity index (χ1v) is 8.67. The van der Waals surface area contributed by atoms with Gasteiger partial charge in [-0.3, -0.25) is 4.79 Å². The summed E-state index contributed by atoms with van der Waals surface area (Å²) in [5.41, 5.74) is 2.34. The van der Waals surface area contributed by atoms with Crippen LogP contribution in [0.3, 0.4) is 0 Å². The number of rotatable bonds is 8. The standard InChI is InChI=1S/C20H24ClNO2/c1-15(2)18-7-3-4-8-19(18)24-14-20(23)22-13-5-6-16-9-11-17(21)12-10-16/h3-4,7-12,15H,5-6,13-14H2,1-2H3,(H,22,23). The molecule has 2 aromatic carbocycles. The van der Waals surface area contributed by atoms with Crippen LogP contribution in [0.4, 0.5) is 0 Å². The first-order chi connectivity index (χ1) is 11.6. The molecule has 0 fully saturated rings. The lowest BCUT2D eigenvalue weighted by Crippen LogP contribution is -2.30. The fraction of sp³-hybridized carbons (Fsp3) is 0.350. The molecule has 4 heteroatoms. The van der Waals surface area contributed by atoms with Crippen molar-refractivity contribution >= 4 is 17.5 Å². The van der Waals surface area contributed by atoms with Crippen molar-refractivity contribution < 1.29 is 9.53 Å². The topological polar surface area (TPSA) is 38.3 Å². The molecule has 0 aliphatic rings. The second kappa shape index (κ2) is 9.33. The highest BCUT2D eigenvalue weighted by atomic mass is 35.5. The molecule has 0 unspecified atom stereocenters. The zero-order chi connectivity index (χ0) is 17.4. The van der Waals surface area contributed by atoms with E-state index in [1.807, 2.05) is 48.5 Å². The molecule has 0 spiro atoms. The summed E-state index contributed by atoms with van der Waals surface area (Å²) in [4.78, 5) is 11.9. The predicted molar refractivity (Wildman–Crippen MR) is 98.8 cm³/mol. The second-order valence-corrected chi connectivity index (χ2v) is 6.50. The van der Waals surface area contributed by atoms with Gasteiger partial charge in [-0.15, -0.1) is 0 Å². The molecule has 0 aliphatic heterocycles. The van der Waals surface area contributed by atoms with Crippen LogP contribution < -0.4 is 10.1 Å². The maximum absolute atomic E-state index is 11.9. The summed E-state index contributed by atoms with van der Waals surface area (Å²) in [6.07, 6.45) is 1.80. The van der Waals surface area contributed by atoms with Gasteiger partial charge < -0.3 is 10.1 Å². The molecule has 0 aliphatic carbocycles. The number of carbonyl (C=O) groups excluding carboxylic acids is 1. The number of ether oxygens (including phenoxy) is 1. The van der Waals surface area contributed by atoms with E-state index in [1.54, 1.807) is 0 Å². The van der Waals surface area contributed by atoms with Gasteiger partial charge in [-0.05, 0) is 48.1 Å². The van der Waals surface area contributed by atoms with Crippen LogP contribution in [0.5, 0.6) is 5.75 Å². The van der Waals surface area contributed by atoms with Gasteiger partial charge in [0.05, 0.1) is 0 Å². The highest BCUT2D eigenvalue weighted by molar-refractivity contribution is 6.30. The van der Waals surface area contributed by atoms with Crippen molar-refractivity contribution in [2.24, 2.45) is 0 Å². The monoisotopic (exact) mass is 345 g/mol. The molecule has 0 bridgehead atoms. The highest BCUT2D eigenvalue weighted by Crippen LogP contribution is 2.25. The molecule has 0 atom stereocenters. The molecule has 24 heavy (non-hydrogen) atoms. The Bertz CT molecular complexity index is 653. The molecule has 128 valence electrons. The van der Waals surface area contributed by atoms with Gasteiger partial charge in [-0.25, -0.2) is 0 Å². The Morgan fingerprint density at radius 2 is 1.83 bits per heavy atom. The van der Waals surface area contributed by atoms with Gasteiger partial charge in [-0.1, -0.05) is 55.8 Å². The van der Waals surface area contributed by atoms with Crippen molar-refractivity contribution in [1.82, 2.24) is 5.32 Å². The molecule has 0 radical (unpaired) electrons. The summed E-state index contributed by atoms with van der Waals surface area (Å²) in [6.45, 7) is 4.90. The lowest BCUT2D eigenvalue weighted by molar-refractivity contribution is -0.123. The molecule has 0 heterocycles. The van der Waals surface area contributed by atoms with Crippen molar-refractivity contribution in [2.45, 2.75) is 32.6 Å². The van der Waals surface area contributed by atoms with Gasteiger partial charge in [-0.2, -0.15) is 0 Å². The zero-order valence-electron chi connectivity index (χ0n) is 14.2. The Morgan fingerprint density at radius 1 is 1.12 bits per heavy atom. The molecular formula is C20H24ClNO2. The number of hydrogen-bond acceptors (Lipinski definition) is 2. The molecule has 3 nitrogen and oxygen atoms in total. The second-order valence-electron chi connectivity index (χ2n) is 6.06. The molecule has 0 saturated heterocycles. The van der Waals surface area contributed by atoms with Crippen LogP contribution in [-0.2, 0) is 11.2 Å². The Morgan fingerprint density at radius 3 is 2.54 bits per heavy atom.